The minimum Gasteiger partial charge on any atom is -0.495 e. The van der Waals surface area contributed by atoms with E-state index in [9.17, 15) is 9.59 Å². The number of hydrogen-bond acceptors (Lipinski definition) is 5. The number of ether oxygens (including phenoxy) is 3. The maximum absolute atomic E-state index is 13.8. The van der Waals surface area contributed by atoms with Gasteiger partial charge in [0.05, 0.1) is 31.0 Å². The van der Waals surface area contributed by atoms with Gasteiger partial charge in [-0.2, -0.15) is 0 Å². The number of amides is 3. The molecular weight excluding hydrogens is 505 g/mol. The number of nitrogens with zero attached hydrogens (tertiary/aromatic N) is 1. The number of hydrogen-bond donors (Lipinski definition) is 2. The summed E-state index contributed by atoms with van der Waals surface area (Å²) in [4.78, 5) is 28.8. The average molecular weight is 528 g/mol. The zero-order chi connectivity index (χ0) is 25.6. The van der Waals surface area contributed by atoms with E-state index in [0.29, 0.717) is 39.2 Å². The van der Waals surface area contributed by atoms with Crippen molar-refractivity contribution in [2.24, 2.45) is 5.92 Å². The lowest BCUT2D eigenvalue weighted by Crippen LogP contribution is -2.72. The summed E-state index contributed by atoms with van der Waals surface area (Å²) in [5, 5.41) is 6.75. The highest BCUT2D eigenvalue weighted by Crippen LogP contribution is 2.52. The molecule has 0 aliphatic carbocycles. The molecule has 3 atom stereocenters. The van der Waals surface area contributed by atoms with Crippen LogP contribution in [-0.2, 0) is 4.79 Å². The van der Waals surface area contributed by atoms with E-state index in [4.69, 9.17) is 37.4 Å². The van der Waals surface area contributed by atoms with Crippen LogP contribution in [0.25, 0.3) is 0 Å². The van der Waals surface area contributed by atoms with Gasteiger partial charge in [-0.05, 0) is 43.3 Å². The van der Waals surface area contributed by atoms with Crippen molar-refractivity contribution >= 4 is 46.5 Å². The number of rotatable bonds is 5. The van der Waals surface area contributed by atoms with E-state index in [-0.39, 0.29) is 10.9 Å². The molecule has 2 N–H and O–H groups in total. The second-order valence-electron chi connectivity index (χ2n) is 8.59. The van der Waals surface area contributed by atoms with Crippen LogP contribution in [0.1, 0.15) is 18.5 Å². The van der Waals surface area contributed by atoms with Gasteiger partial charge in [0, 0.05) is 22.3 Å². The Morgan fingerprint density at radius 1 is 1.06 bits per heavy atom. The van der Waals surface area contributed by atoms with Gasteiger partial charge < -0.3 is 24.8 Å². The van der Waals surface area contributed by atoms with E-state index in [0.717, 1.165) is 0 Å². The summed E-state index contributed by atoms with van der Waals surface area (Å²) in [6, 6.07) is 16.1. The lowest BCUT2D eigenvalue weighted by Gasteiger charge is -2.54. The highest BCUT2D eigenvalue weighted by molar-refractivity contribution is 6.32. The van der Waals surface area contributed by atoms with Gasteiger partial charge in [-0.1, -0.05) is 41.4 Å². The van der Waals surface area contributed by atoms with Crippen LogP contribution in [0.5, 0.6) is 17.2 Å². The number of fused-ring (bicyclic) bond motifs is 4. The zero-order valence-electron chi connectivity index (χ0n) is 19.7. The summed E-state index contributed by atoms with van der Waals surface area (Å²) in [7, 11) is 2.96. The predicted octanol–water partition coefficient (Wildman–Crippen LogP) is 5.65. The van der Waals surface area contributed by atoms with Crippen LogP contribution in [0.2, 0.25) is 10.0 Å². The van der Waals surface area contributed by atoms with Crippen molar-refractivity contribution in [3.63, 3.8) is 0 Å². The fraction of sp³-hybridized carbons (Fsp3) is 0.231. The van der Waals surface area contributed by atoms with Crippen molar-refractivity contribution in [1.29, 1.82) is 0 Å². The van der Waals surface area contributed by atoms with Crippen LogP contribution in [0.15, 0.2) is 60.7 Å². The molecule has 0 aromatic heterocycles. The SMILES string of the molecule is COc1cc(OC)c(N2C(=O)N[C@H]3c4ccccc4O[C@@]2(C)[C@H]3C(=O)Nc2ccc(Cl)cc2)cc1Cl. The molecule has 0 saturated carbocycles. The standard InChI is InChI=1S/C26H23Cl2N3O5/c1-26-22(24(32)29-15-10-8-14(27)9-11-15)23(16-6-4-5-7-19(16)36-26)30-25(33)31(26)18-12-17(28)20(34-2)13-21(18)35-3/h4-13,22-23H,1-3H3,(H,29,32)(H,30,33)/t22-,23+,26+/m1/s1. The Bertz CT molecular complexity index is 1350. The molecule has 186 valence electrons. The Kier molecular flexibility index (Phi) is 6.10. The summed E-state index contributed by atoms with van der Waals surface area (Å²) < 4.78 is 17.3. The summed E-state index contributed by atoms with van der Waals surface area (Å²) in [6.07, 6.45) is 0. The van der Waals surface area contributed by atoms with E-state index in [1.807, 2.05) is 24.3 Å². The molecule has 0 spiro atoms. The van der Waals surface area contributed by atoms with Crippen LogP contribution < -0.4 is 29.7 Å². The lowest BCUT2D eigenvalue weighted by atomic mass is 9.78. The Labute approximate surface area is 218 Å². The molecule has 5 rings (SSSR count). The summed E-state index contributed by atoms with van der Waals surface area (Å²) in [5.74, 6) is 0.0634. The van der Waals surface area contributed by atoms with Crippen molar-refractivity contribution in [3.8, 4) is 17.2 Å². The Hall–Kier alpha value is -3.62. The molecule has 3 aromatic rings. The normalized spacial score (nSPS) is 22.1. The van der Waals surface area contributed by atoms with Gasteiger partial charge in [-0.3, -0.25) is 9.69 Å². The van der Waals surface area contributed by atoms with Crippen LogP contribution in [0.4, 0.5) is 16.2 Å². The van der Waals surface area contributed by atoms with Crippen molar-refractivity contribution < 1.29 is 23.8 Å². The minimum atomic E-state index is -1.44. The highest BCUT2D eigenvalue weighted by Gasteiger charge is 2.60. The van der Waals surface area contributed by atoms with Gasteiger partial charge in [0.15, 0.2) is 0 Å². The Balaban J connectivity index is 1.65. The first-order chi connectivity index (χ1) is 17.3. The monoisotopic (exact) mass is 527 g/mol. The predicted molar refractivity (Wildman–Crippen MR) is 137 cm³/mol. The maximum atomic E-state index is 13.8. The van der Waals surface area contributed by atoms with E-state index in [1.165, 1.54) is 19.1 Å². The van der Waals surface area contributed by atoms with Gasteiger partial charge in [-0.25, -0.2) is 4.79 Å². The first kappa shape index (κ1) is 24.1. The van der Waals surface area contributed by atoms with Crippen molar-refractivity contribution in [3.05, 3.63) is 76.3 Å². The molecule has 3 amide bonds. The van der Waals surface area contributed by atoms with Gasteiger partial charge in [0.1, 0.15) is 23.2 Å². The first-order valence-electron chi connectivity index (χ1n) is 11.1. The molecule has 2 aliphatic rings. The third kappa shape index (κ3) is 3.86. The smallest absolute Gasteiger partial charge is 0.325 e. The number of anilines is 2. The molecule has 1 saturated heterocycles. The molecule has 8 nitrogen and oxygen atoms in total. The van der Waals surface area contributed by atoms with Crippen LogP contribution in [0, 0.1) is 5.92 Å². The van der Waals surface area contributed by atoms with Crippen molar-refractivity contribution in [1.82, 2.24) is 5.32 Å². The number of halogens is 2. The quantitative estimate of drug-likeness (QED) is 0.447. The molecule has 2 heterocycles. The highest BCUT2D eigenvalue weighted by atomic mass is 35.5. The molecule has 36 heavy (non-hydrogen) atoms. The van der Waals surface area contributed by atoms with E-state index in [2.05, 4.69) is 10.6 Å². The van der Waals surface area contributed by atoms with Gasteiger partial charge in [0.2, 0.25) is 11.6 Å². The zero-order valence-corrected chi connectivity index (χ0v) is 21.2. The molecule has 10 heteroatoms. The lowest BCUT2D eigenvalue weighted by molar-refractivity contribution is -0.131. The Morgan fingerprint density at radius 2 is 1.75 bits per heavy atom. The second-order valence-corrected chi connectivity index (χ2v) is 9.43. The Morgan fingerprint density at radius 3 is 2.44 bits per heavy atom. The average Bonchev–Trinajstić information content (AvgIpc) is 2.85. The minimum absolute atomic E-state index is 0.269. The van der Waals surface area contributed by atoms with Crippen LogP contribution in [0.3, 0.4) is 0 Å². The maximum Gasteiger partial charge on any atom is 0.325 e. The topological polar surface area (TPSA) is 89.1 Å². The van der Waals surface area contributed by atoms with E-state index >= 15 is 0 Å². The number of nitrogens with one attached hydrogen (secondary N) is 2. The summed E-state index contributed by atoms with van der Waals surface area (Å²) >= 11 is 12.4. The third-order valence-corrected chi connectivity index (χ3v) is 7.04. The van der Waals surface area contributed by atoms with Crippen molar-refractivity contribution in [2.75, 3.05) is 24.4 Å². The molecule has 2 bridgehead atoms. The van der Waals surface area contributed by atoms with Crippen molar-refractivity contribution in [2.45, 2.75) is 18.7 Å². The van der Waals surface area contributed by atoms with E-state index in [1.54, 1.807) is 43.3 Å². The second kappa shape index (κ2) is 9.11. The number of benzene rings is 3. The fourth-order valence-electron chi connectivity index (χ4n) is 4.87. The molecule has 1 fully saturated rings. The van der Waals surface area contributed by atoms with Crippen LogP contribution in [-0.4, -0.2) is 31.9 Å². The molecule has 0 unspecified atom stereocenters. The van der Waals surface area contributed by atoms with Gasteiger partial charge in [0.25, 0.3) is 0 Å². The van der Waals surface area contributed by atoms with Gasteiger partial charge in [-0.15, -0.1) is 0 Å². The number of carbonyl (C=O) groups excluding carboxylic acids is 2. The third-order valence-electron chi connectivity index (χ3n) is 6.50. The number of methoxy groups -OCH3 is 2. The fourth-order valence-corrected chi connectivity index (χ4v) is 5.23. The number of urea groups is 1. The molecule has 2 aliphatic heterocycles. The number of para-hydroxylation sites is 1. The first-order valence-corrected chi connectivity index (χ1v) is 11.9. The number of carbonyl (C=O) groups is 2. The summed E-state index contributed by atoms with van der Waals surface area (Å²) in [6.45, 7) is 1.71. The molecular formula is C26H23Cl2N3O5. The molecule has 0 radical (unpaired) electrons. The summed E-state index contributed by atoms with van der Waals surface area (Å²) in [5.41, 5.74) is 0.153. The van der Waals surface area contributed by atoms with E-state index < -0.39 is 23.7 Å². The van der Waals surface area contributed by atoms with Crippen LogP contribution >= 0.6 is 23.2 Å². The van der Waals surface area contributed by atoms with Gasteiger partial charge >= 0.3 is 6.03 Å². The molecule has 3 aromatic carbocycles. The largest absolute Gasteiger partial charge is 0.495 e.